The molecule has 30 heavy (non-hydrogen) atoms. The van der Waals surface area contributed by atoms with Crippen LogP contribution in [0.4, 0.5) is 0 Å². The number of halogens is 2. The zero-order valence-corrected chi connectivity index (χ0v) is 18.1. The molecular weight excluding hydrogens is 466 g/mol. The van der Waals surface area contributed by atoms with Gasteiger partial charge in [0.2, 0.25) is 12.3 Å². The molecule has 150 valence electrons. The molecular formula is C23H18BrClN3O2+. The molecule has 3 aromatic rings. The standard InChI is InChI=1S/C23H17BrClN3O2/c24-18-10-6-15(7-11-18)14-28-21(16-4-2-1-3-5-16)20(23(30)27-28)26-22(29)17-8-12-19(25)13-9-17/h1-14,20-21H,(H-,26,27,29,30)/p+1/b28-14-/t20-,21+/m0/s1. The van der Waals surface area contributed by atoms with E-state index in [0.29, 0.717) is 10.6 Å². The van der Waals surface area contributed by atoms with Crippen molar-refractivity contribution in [2.24, 2.45) is 0 Å². The molecule has 0 radical (unpaired) electrons. The monoisotopic (exact) mass is 482 g/mol. The Bertz CT molecular complexity index is 1100. The first-order valence-electron chi connectivity index (χ1n) is 9.32. The van der Waals surface area contributed by atoms with Crippen LogP contribution >= 0.6 is 27.5 Å². The number of hydrogen-bond acceptors (Lipinski definition) is 2. The van der Waals surface area contributed by atoms with Crippen molar-refractivity contribution in [3.63, 3.8) is 0 Å². The molecule has 2 N–H and O–H groups in total. The lowest BCUT2D eigenvalue weighted by atomic mass is 10.00. The molecule has 2 amide bonds. The van der Waals surface area contributed by atoms with Crippen LogP contribution in [0.15, 0.2) is 83.3 Å². The number of carbonyl (C=O) groups is 2. The lowest BCUT2D eigenvalue weighted by Crippen LogP contribution is -2.42. The fourth-order valence-corrected chi connectivity index (χ4v) is 3.76. The van der Waals surface area contributed by atoms with Crippen molar-refractivity contribution in [2.45, 2.75) is 12.1 Å². The van der Waals surface area contributed by atoms with E-state index in [1.807, 2.05) is 60.8 Å². The van der Waals surface area contributed by atoms with Crippen LogP contribution in [0.2, 0.25) is 5.02 Å². The molecule has 0 unspecified atom stereocenters. The summed E-state index contributed by atoms with van der Waals surface area (Å²) in [6.45, 7) is 0. The van der Waals surface area contributed by atoms with Gasteiger partial charge in [-0.1, -0.05) is 57.9 Å². The molecule has 5 nitrogen and oxygen atoms in total. The Morgan fingerprint density at radius 3 is 2.33 bits per heavy atom. The molecule has 0 aliphatic carbocycles. The molecule has 1 aliphatic heterocycles. The summed E-state index contributed by atoms with van der Waals surface area (Å²) in [6, 6.07) is 22.8. The van der Waals surface area contributed by atoms with Crippen molar-refractivity contribution in [3.8, 4) is 0 Å². The predicted molar refractivity (Wildman–Crippen MR) is 120 cm³/mol. The summed E-state index contributed by atoms with van der Waals surface area (Å²) in [7, 11) is 0. The van der Waals surface area contributed by atoms with E-state index in [9.17, 15) is 9.59 Å². The van der Waals surface area contributed by atoms with Gasteiger partial charge in [0, 0.05) is 26.2 Å². The van der Waals surface area contributed by atoms with Crippen LogP contribution in [0.25, 0.3) is 0 Å². The van der Waals surface area contributed by atoms with Gasteiger partial charge < -0.3 is 5.32 Å². The van der Waals surface area contributed by atoms with Gasteiger partial charge in [-0.3, -0.25) is 9.59 Å². The number of hydrazine groups is 1. The van der Waals surface area contributed by atoms with E-state index < -0.39 is 12.1 Å². The Kier molecular flexibility index (Phi) is 5.97. The molecule has 1 fully saturated rings. The van der Waals surface area contributed by atoms with Gasteiger partial charge in [-0.25, -0.2) is 0 Å². The third kappa shape index (κ3) is 4.45. The third-order valence-electron chi connectivity index (χ3n) is 4.83. The molecule has 0 aromatic heterocycles. The van der Waals surface area contributed by atoms with Crippen molar-refractivity contribution in [3.05, 3.63) is 105 Å². The topological polar surface area (TPSA) is 61.2 Å². The lowest BCUT2D eigenvalue weighted by molar-refractivity contribution is -0.596. The third-order valence-corrected chi connectivity index (χ3v) is 5.61. The van der Waals surface area contributed by atoms with Gasteiger partial charge in [0.25, 0.3) is 5.91 Å². The zero-order valence-electron chi connectivity index (χ0n) is 15.8. The van der Waals surface area contributed by atoms with Crippen molar-refractivity contribution < 1.29 is 14.3 Å². The highest BCUT2D eigenvalue weighted by Gasteiger charge is 2.47. The van der Waals surface area contributed by atoms with Gasteiger partial charge in [0.05, 0.1) is 0 Å². The van der Waals surface area contributed by atoms with Crippen LogP contribution in [0.3, 0.4) is 0 Å². The maximum absolute atomic E-state index is 12.8. The largest absolute Gasteiger partial charge is 0.334 e. The van der Waals surface area contributed by atoms with E-state index in [1.165, 1.54) is 0 Å². The summed E-state index contributed by atoms with van der Waals surface area (Å²) >= 11 is 9.34. The number of hydrogen-bond donors (Lipinski definition) is 2. The normalized spacial score (nSPS) is 19.5. The number of rotatable bonds is 4. The molecule has 7 heteroatoms. The average Bonchev–Trinajstić information content (AvgIpc) is 3.05. The zero-order chi connectivity index (χ0) is 21.1. The smallest absolute Gasteiger partial charge is 0.304 e. The molecule has 0 saturated carbocycles. The first-order valence-corrected chi connectivity index (χ1v) is 10.5. The predicted octanol–water partition coefficient (Wildman–Crippen LogP) is 4.12. The second-order valence-electron chi connectivity index (χ2n) is 6.88. The average molecular weight is 484 g/mol. The summed E-state index contributed by atoms with van der Waals surface area (Å²) in [5, 5.41) is 3.42. The minimum absolute atomic E-state index is 0.278. The number of nitrogens with zero attached hydrogens (tertiary/aromatic N) is 1. The van der Waals surface area contributed by atoms with Gasteiger partial charge >= 0.3 is 5.91 Å². The van der Waals surface area contributed by atoms with Crippen molar-refractivity contribution in [1.29, 1.82) is 0 Å². The van der Waals surface area contributed by atoms with E-state index in [-0.39, 0.29) is 11.8 Å². The van der Waals surface area contributed by atoms with E-state index in [0.717, 1.165) is 15.6 Å². The summed E-state index contributed by atoms with van der Waals surface area (Å²) in [5.74, 6) is -0.613. The maximum Gasteiger partial charge on any atom is 0.304 e. The molecule has 0 bridgehead atoms. The van der Waals surface area contributed by atoms with Crippen LogP contribution in [0, 0.1) is 0 Å². The summed E-state index contributed by atoms with van der Waals surface area (Å²) in [4.78, 5) is 25.6. The Balaban J connectivity index is 1.68. The molecule has 1 aliphatic rings. The maximum atomic E-state index is 12.8. The summed E-state index contributed by atoms with van der Waals surface area (Å²) in [6.07, 6.45) is 1.86. The first-order chi connectivity index (χ1) is 14.5. The quantitative estimate of drug-likeness (QED) is 0.549. The number of carbonyl (C=O) groups excluding carboxylic acids is 2. The number of amides is 2. The molecule has 3 aromatic carbocycles. The molecule has 4 rings (SSSR count). The highest BCUT2D eigenvalue weighted by Crippen LogP contribution is 2.25. The fraction of sp³-hybridized carbons (Fsp3) is 0.0870. The van der Waals surface area contributed by atoms with Gasteiger partial charge in [-0.15, -0.1) is 10.1 Å². The molecule has 0 spiro atoms. The highest BCUT2D eigenvalue weighted by atomic mass is 79.9. The Morgan fingerprint density at radius 1 is 1.00 bits per heavy atom. The fourth-order valence-electron chi connectivity index (χ4n) is 3.37. The van der Waals surface area contributed by atoms with Crippen LogP contribution < -0.4 is 10.7 Å². The molecule has 1 saturated heterocycles. The summed E-state index contributed by atoms with van der Waals surface area (Å²) < 4.78 is 2.71. The molecule has 2 atom stereocenters. The molecule has 1 heterocycles. The van der Waals surface area contributed by atoms with Gasteiger partial charge in [0.15, 0.2) is 6.04 Å². The Hall–Kier alpha value is -2.96. The van der Waals surface area contributed by atoms with Crippen molar-refractivity contribution in [2.75, 3.05) is 0 Å². The second kappa shape index (κ2) is 8.81. The number of nitrogens with one attached hydrogen (secondary N) is 2. The number of hydrazone groups is 1. The number of benzene rings is 3. The van der Waals surface area contributed by atoms with Crippen LogP contribution in [0.5, 0.6) is 0 Å². The van der Waals surface area contributed by atoms with E-state index in [4.69, 9.17) is 11.6 Å². The first kappa shape index (κ1) is 20.3. The van der Waals surface area contributed by atoms with Gasteiger partial charge in [-0.2, -0.15) is 0 Å². The minimum Gasteiger partial charge on any atom is -0.334 e. The lowest BCUT2D eigenvalue weighted by Gasteiger charge is -2.14. The van der Waals surface area contributed by atoms with Crippen LogP contribution in [0.1, 0.15) is 27.5 Å². The SMILES string of the molecule is O=C(N[C@@H]1C(=O)N/[N+](=C\c2ccc(Br)cc2)[C@@H]1c1ccccc1)c1ccc(Cl)cc1. The summed E-state index contributed by atoms with van der Waals surface area (Å²) in [5.41, 5.74) is 5.14. The van der Waals surface area contributed by atoms with Gasteiger partial charge in [-0.05, 0) is 48.5 Å². The van der Waals surface area contributed by atoms with E-state index in [1.54, 1.807) is 28.9 Å². The van der Waals surface area contributed by atoms with Gasteiger partial charge in [0.1, 0.15) is 0 Å². The van der Waals surface area contributed by atoms with Crippen molar-refractivity contribution >= 4 is 45.6 Å². The van der Waals surface area contributed by atoms with E-state index >= 15 is 0 Å². The second-order valence-corrected chi connectivity index (χ2v) is 8.23. The minimum atomic E-state index is -0.762. The van der Waals surface area contributed by atoms with Crippen molar-refractivity contribution in [1.82, 2.24) is 10.7 Å². The van der Waals surface area contributed by atoms with Crippen LogP contribution in [-0.2, 0) is 4.79 Å². The van der Waals surface area contributed by atoms with Crippen LogP contribution in [-0.4, -0.2) is 28.8 Å². The Labute approximate surface area is 187 Å². The van der Waals surface area contributed by atoms with E-state index in [2.05, 4.69) is 26.7 Å². The Morgan fingerprint density at radius 2 is 1.67 bits per heavy atom. The highest BCUT2D eigenvalue weighted by molar-refractivity contribution is 9.10.